The van der Waals surface area contributed by atoms with Crippen LogP contribution in [0.5, 0.6) is 0 Å². The zero-order valence-corrected chi connectivity index (χ0v) is 10.5. The Morgan fingerprint density at radius 3 is 2.71 bits per heavy atom. The van der Waals surface area contributed by atoms with Gasteiger partial charge in [-0.05, 0) is 36.8 Å². The van der Waals surface area contributed by atoms with Gasteiger partial charge in [-0.3, -0.25) is 0 Å². The number of benzene rings is 1. The summed E-state index contributed by atoms with van der Waals surface area (Å²) in [5.41, 5.74) is 3.47. The summed E-state index contributed by atoms with van der Waals surface area (Å²) in [6, 6.07) is 10.3. The lowest BCUT2D eigenvalue weighted by molar-refractivity contribution is 0.515. The average molecular weight is 230 g/mol. The van der Waals surface area contributed by atoms with E-state index >= 15 is 0 Å². The Labute approximate surface area is 102 Å². The van der Waals surface area contributed by atoms with E-state index in [2.05, 4.69) is 35.3 Å². The van der Waals surface area contributed by atoms with Gasteiger partial charge in [0.2, 0.25) is 0 Å². The molecule has 1 aromatic carbocycles. The Balaban J connectivity index is 2.04. The molecule has 0 spiro atoms. The summed E-state index contributed by atoms with van der Waals surface area (Å²) >= 11 is 0. The minimum atomic E-state index is 0.718. The van der Waals surface area contributed by atoms with Crippen molar-refractivity contribution in [1.29, 1.82) is 0 Å². The van der Waals surface area contributed by atoms with Crippen molar-refractivity contribution in [1.82, 2.24) is 0 Å². The molecule has 0 saturated heterocycles. The Bertz CT molecular complexity index is 488. The van der Waals surface area contributed by atoms with Gasteiger partial charge in [0.05, 0.1) is 12.8 Å². The predicted octanol–water partition coefficient (Wildman–Crippen LogP) is 3.27. The van der Waals surface area contributed by atoms with E-state index in [0.29, 0.717) is 0 Å². The lowest BCUT2D eigenvalue weighted by Gasteiger charge is -2.14. The smallest absolute Gasteiger partial charge is 0.125 e. The third kappa shape index (κ3) is 2.81. The van der Waals surface area contributed by atoms with Gasteiger partial charge in [0.1, 0.15) is 5.76 Å². The van der Waals surface area contributed by atoms with Crippen LogP contribution in [0, 0.1) is 6.92 Å². The largest absolute Gasteiger partial charge is 0.467 e. The zero-order valence-electron chi connectivity index (χ0n) is 10.5. The van der Waals surface area contributed by atoms with Gasteiger partial charge in [-0.2, -0.15) is 0 Å². The van der Waals surface area contributed by atoms with E-state index in [1.807, 2.05) is 26.2 Å². The molecule has 1 aromatic heterocycles. The highest BCUT2D eigenvalue weighted by Gasteiger charge is 2.02. The normalized spacial score (nSPS) is 10.3. The first-order valence-corrected chi connectivity index (χ1v) is 5.71. The molecule has 3 nitrogen and oxygen atoms in total. The number of nitrogens with zero attached hydrogens (tertiary/aromatic N) is 1. The lowest BCUT2D eigenvalue weighted by atomic mass is 10.2. The first-order chi connectivity index (χ1) is 8.16. The second-order valence-corrected chi connectivity index (χ2v) is 4.33. The van der Waals surface area contributed by atoms with E-state index in [0.717, 1.165) is 18.0 Å². The second-order valence-electron chi connectivity index (χ2n) is 4.33. The fraction of sp³-hybridized carbons (Fsp3) is 0.286. The number of furan rings is 1. The maximum atomic E-state index is 5.39. The topological polar surface area (TPSA) is 28.4 Å². The monoisotopic (exact) mass is 230 g/mol. The van der Waals surface area contributed by atoms with Gasteiger partial charge in [0, 0.05) is 25.5 Å². The highest BCUT2D eigenvalue weighted by atomic mass is 16.3. The predicted molar refractivity (Wildman–Crippen MR) is 71.5 cm³/mol. The lowest BCUT2D eigenvalue weighted by Crippen LogP contribution is -2.09. The van der Waals surface area contributed by atoms with Gasteiger partial charge in [0.15, 0.2) is 0 Å². The van der Waals surface area contributed by atoms with E-state index < -0.39 is 0 Å². The number of anilines is 2. The van der Waals surface area contributed by atoms with Crippen molar-refractivity contribution in [2.75, 3.05) is 24.3 Å². The molecule has 17 heavy (non-hydrogen) atoms. The van der Waals surface area contributed by atoms with E-state index in [1.165, 1.54) is 11.3 Å². The van der Waals surface area contributed by atoms with Crippen LogP contribution in [0.3, 0.4) is 0 Å². The Hall–Kier alpha value is -1.90. The van der Waals surface area contributed by atoms with Gasteiger partial charge >= 0.3 is 0 Å². The molecule has 1 heterocycles. The molecule has 0 amide bonds. The Morgan fingerprint density at radius 1 is 1.24 bits per heavy atom. The van der Waals surface area contributed by atoms with Gasteiger partial charge in [-0.15, -0.1) is 0 Å². The standard InChI is InChI=1S/C14H18N2O/c1-11-7-8-17-14(11)10-15-12-5-4-6-13(9-12)16(2)3/h4-9,15H,10H2,1-3H3. The molecule has 3 heteroatoms. The van der Waals surface area contributed by atoms with Crippen LogP contribution >= 0.6 is 0 Å². The number of hydrogen-bond donors (Lipinski definition) is 1. The summed E-state index contributed by atoms with van der Waals surface area (Å²) in [6.07, 6.45) is 1.72. The van der Waals surface area contributed by atoms with Crippen molar-refractivity contribution in [2.45, 2.75) is 13.5 Å². The Morgan fingerprint density at radius 2 is 2.06 bits per heavy atom. The van der Waals surface area contributed by atoms with E-state index in [9.17, 15) is 0 Å². The van der Waals surface area contributed by atoms with Crippen molar-refractivity contribution < 1.29 is 4.42 Å². The van der Waals surface area contributed by atoms with Crippen molar-refractivity contribution in [3.63, 3.8) is 0 Å². The van der Waals surface area contributed by atoms with Crippen LogP contribution in [0.15, 0.2) is 41.0 Å². The van der Waals surface area contributed by atoms with Gasteiger partial charge in [0.25, 0.3) is 0 Å². The van der Waals surface area contributed by atoms with Crippen LogP contribution in [-0.4, -0.2) is 14.1 Å². The number of hydrogen-bond acceptors (Lipinski definition) is 3. The molecule has 0 atom stereocenters. The van der Waals surface area contributed by atoms with Crippen molar-refractivity contribution in [3.8, 4) is 0 Å². The molecule has 0 saturated carbocycles. The molecule has 0 fully saturated rings. The minimum Gasteiger partial charge on any atom is -0.467 e. The van der Waals surface area contributed by atoms with Crippen LogP contribution in [0.1, 0.15) is 11.3 Å². The summed E-state index contributed by atoms with van der Waals surface area (Å²) in [5, 5.41) is 3.36. The minimum absolute atomic E-state index is 0.718. The second kappa shape index (κ2) is 4.95. The van der Waals surface area contributed by atoms with E-state index in [4.69, 9.17) is 4.42 Å². The molecule has 0 aliphatic carbocycles. The molecular formula is C14H18N2O. The molecule has 1 N–H and O–H groups in total. The van der Waals surface area contributed by atoms with Gasteiger partial charge in [-0.25, -0.2) is 0 Å². The average Bonchev–Trinajstić information content (AvgIpc) is 2.72. The summed E-state index contributed by atoms with van der Waals surface area (Å²) in [4.78, 5) is 2.09. The maximum absolute atomic E-state index is 5.39. The summed E-state index contributed by atoms with van der Waals surface area (Å²) in [5.74, 6) is 0.986. The SMILES string of the molecule is Cc1ccoc1CNc1cccc(N(C)C)c1. The third-order valence-electron chi connectivity index (χ3n) is 2.78. The molecule has 0 unspecified atom stereocenters. The van der Waals surface area contributed by atoms with Crippen molar-refractivity contribution >= 4 is 11.4 Å². The number of nitrogens with one attached hydrogen (secondary N) is 1. The number of rotatable bonds is 4. The molecule has 0 aliphatic rings. The molecular weight excluding hydrogens is 212 g/mol. The highest BCUT2D eigenvalue weighted by Crippen LogP contribution is 2.18. The first-order valence-electron chi connectivity index (χ1n) is 5.71. The highest BCUT2D eigenvalue weighted by molar-refractivity contribution is 5.57. The molecule has 0 bridgehead atoms. The maximum Gasteiger partial charge on any atom is 0.125 e. The molecule has 0 aliphatic heterocycles. The van der Waals surface area contributed by atoms with E-state index in [-0.39, 0.29) is 0 Å². The zero-order chi connectivity index (χ0) is 12.3. The molecule has 2 aromatic rings. The molecule has 2 rings (SSSR count). The van der Waals surface area contributed by atoms with Crippen LogP contribution in [0.2, 0.25) is 0 Å². The van der Waals surface area contributed by atoms with Gasteiger partial charge < -0.3 is 14.6 Å². The molecule has 90 valence electrons. The van der Waals surface area contributed by atoms with Crippen LogP contribution in [0.25, 0.3) is 0 Å². The molecule has 0 radical (unpaired) electrons. The van der Waals surface area contributed by atoms with E-state index in [1.54, 1.807) is 6.26 Å². The summed E-state index contributed by atoms with van der Waals surface area (Å²) in [6.45, 7) is 2.77. The number of aryl methyl sites for hydroxylation is 1. The summed E-state index contributed by atoms with van der Waals surface area (Å²) < 4.78 is 5.39. The quantitative estimate of drug-likeness (QED) is 0.873. The van der Waals surface area contributed by atoms with Crippen LogP contribution in [-0.2, 0) is 6.54 Å². The first kappa shape index (κ1) is 11.6. The summed E-state index contributed by atoms with van der Waals surface area (Å²) in [7, 11) is 4.07. The third-order valence-corrected chi connectivity index (χ3v) is 2.78. The van der Waals surface area contributed by atoms with Gasteiger partial charge in [-0.1, -0.05) is 6.07 Å². The van der Waals surface area contributed by atoms with Crippen molar-refractivity contribution in [2.24, 2.45) is 0 Å². The van der Waals surface area contributed by atoms with Crippen molar-refractivity contribution in [3.05, 3.63) is 47.9 Å². The fourth-order valence-electron chi connectivity index (χ4n) is 1.66. The van der Waals surface area contributed by atoms with Crippen LogP contribution in [0.4, 0.5) is 11.4 Å². The van der Waals surface area contributed by atoms with Crippen LogP contribution < -0.4 is 10.2 Å². The Kier molecular flexibility index (Phi) is 3.38. The fourth-order valence-corrected chi connectivity index (χ4v) is 1.66.